The lowest BCUT2D eigenvalue weighted by Gasteiger charge is -2.26. The molecule has 0 aromatic heterocycles. The minimum Gasteiger partial charge on any atom is -0.467 e. The molecule has 0 N–H and O–H groups in total. The van der Waals surface area contributed by atoms with Crippen LogP contribution in [0.1, 0.15) is 27.2 Å². The van der Waals surface area contributed by atoms with E-state index in [2.05, 4.69) is 0 Å². The highest BCUT2D eigenvalue weighted by molar-refractivity contribution is 6.00. The van der Waals surface area contributed by atoms with Crippen molar-refractivity contribution < 1.29 is 23.9 Å². The van der Waals surface area contributed by atoms with Crippen LogP contribution in [0.2, 0.25) is 0 Å². The maximum atomic E-state index is 12.4. The second kappa shape index (κ2) is 7.78. The number of ether oxygens (including phenoxy) is 2. The average Bonchev–Trinajstić information content (AvgIpc) is 2.63. The first kappa shape index (κ1) is 20.7. The quantitative estimate of drug-likeness (QED) is 0.723. The van der Waals surface area contributed by atoms with Gasteiger partial charge in [-0.15, -0.1) is 12.4 Å². The standard InChI is InChI=1S/C14H24N2O5.ClH/c1-14(2,3)21-13(19)16-10(12(18)20-6)7-9(11(16)17)8-15(4)5;/h9-10H,7-8H2,1-6H3;1H/t9?,10-;/m0./s1. The highest BCUT2D eigenvalue weighted by Crippen LogP contribution is 2.28. The monoisotopic (exact) mass is 336 g/mol. The number of esters is 1. The van der Waals surface area contributed by atoms with E-state index in [-0.39, 0.29) is 18.8 Å². The molecule has 0 spiro atoms. The summed E-state index contributed by atoms with van der Waals surface area (Å²) in [4.78, 5) is 39.2. The number of imide groups is 1. The number of nitrogens with zero attached hydrogens (tertiary/aromatic N) is 2. The molecule has 1 fully saturated rings. The number of hydrogen-bond acceptors (Lipinski definition) is 6. The Bertz CT molecular complexity index is 433. The molecule has 2 amide bonds. The Kier molecular flexibility index (Phi) is 7.31. The van der Waals surface area contributed by atoms with E-state index >= 15 is 0 Å². The van der Waals surface area contributed by atoms with Gasteiger partial charge in [-0.2, -0.15) is 0 Å². The maximum absolute atomic E-state index is 12.4. The maximum Gasteiger partial charge on any atom is 0.417 e. The molecule has 128 valence electrons. The molecule has 2 atom stereocenters. The van der Waals surface area contributed by atoms with E-state index in [9.17, 15) is 14.4 Å². The van der Waals surface area contributed by atoms with Gasteiger partial charge in [0.1, 0.15) is 11.6 Å². The van der Waals surface area contributed by atoms with Crippen molar-refractivity contribution in [1.82, 2.24) is 9.80 Å². The fourth-order valence-electron chi connectivity index (χ4n) is 2.29. The number of amides is 2. The van der Waals surface area contributed by atoms with Gasteiger partial charge in [0.2, 0.25) is 5.91 Å². The summed E-state index contributed by atoms with van der Waals surface area (Å²) in [5.41, 5.74) is -0.738. The molecule has 1 aliphatic heterocycles. The van der Waals surface area contributed by atoms with Gasteiger partial charge in [-0.25, -0.2) is 14.5 Å². The summed E-state index contributed by atoms with van der Waals surface area (Å²) in [5.74, 6) is -1.42. The minimum atomic E-state index is -0.915. The van der Waals surface area contributed by atoms with E-state index in [0.29, 0.717) is 6.54 Å². The molecule has 0 aromatic rings. The molecule has 0 bridgehead atoms. The Labute approximate surface area is 137 Å². The Hall–Kier alpha value is -1.34. The van der Waals surface area contributed by atoms with Crippen LogP contribution in [-0.2, 0) is 19.1 Å². The van der Waals surface area contributed by atoms with Crippen LogP contribution in [0.5, 0.6) is 0 Å². The Morgan fingerprint density at radius 2 is 1.86 bits per heavy atom. The summed E-state index contributed by atoms with van der Waals surface area (Å²) in [6, 6.07) is -0.915. The Morgan fingerprint density at radius 1 is 1.32 bits per heavy atom. The third-order valence-corrected chi connectivity index (χ3v) is 3.06. The highest BCUT2D eigenvalue weighted by atomic mass is 35.5. The molecule has 1 aliphatic rings. The van der Waals surface area contributed by atoms with Crippen LogP contribution in [0, 0.1) is 5.92 Å². The summed E-state index contributed by atoms with van der Waals surface area (Å²) >= 11 is 0. The van der Waals surface area contributed by atoms with Crippen LogP contribution in [0.15, 0.2) is 0 Å². The van der Waals surface area contributed by atoms with Gasteiger partial charge in [-0.3, -0.25) is 4.79 Å². The smallest absolute Gasteiger partial charge is 0.417 e. The van der Waals surface area contributed by atoms with Crippen LogP contribution < -0.4 is 0 Å². The van der Waals surface area contributed by atoms with E-state index < -0.39 is 35.5 Å². The van der Waals surface area contributed by atoms with Crippen molar-refractivity contribution in [3.8, 4) is 0 Å². The molecule has 1 heterocycles. The molecule has 22 heavy (non-hydrogen) atoms. The van der Waals surface area contributed by atoms with Crippen LogP contribution in [-0.4, -0.2) is 67.2 Å². The van der Waals surface area contributed by atoms with E-state index in [1.807, 2.05) is 19.0 Å². The van der Waals surface area contributed by atoms with Gasteiger partial charge in [0.05, 0.1) is 13.0 Å². The number of likely N-dealkylation sites (tertiary alicyclic amines) is 1. The van der Waals surface area contributed by atoms with E-state index in [4.69, 9.17) is 9.47 Å². The number of rotatable bonds is 3. The first-order valence-corrected chi connectivity index (χ1v) is 6.85. The number of carbonyl (C=O) groups excluding carboxylic acids is 3. The predicted octanol–water partition coefficient (Wildman–Crippen LogP) is 1.30. The third-order valence-electron chi connectivity index (χ3n) is 3.06. The van der Waals surface area contributed by atoms with Gasteiger partial charge in [0.25, 0.3) is 0 Å². The van der Waals surface area contributed by atoms with Crippen LogP contribution in [0.25, 0.3) is 0 Å². The zero-order chi connectivity index (χ0) is 16.4. The van der Waals surface area contributed by atoms with Crippen molar-refractivity contribution in [2.45, 2.75) is 38.8 Å². The lowest BCUT2D eigenvalue weighted by molar-refractivity contribution is -0.148. The molecular formula is C14H25ClN2O5. The van der Waals surface area contributed by atoms with Crippen LogP contribution in [0.3, 0.4) is 0 Å². The third kappa shape index (κ3) is 5.14. The lowest BCUT2D eigenvalue weighted by Crippen LogP contribution is -2.46. The summed E-state index contributed by atoms with van der Waals surface area (Å²) in [7, 11) is 4.90. The van der Waals surface area contributed by atoms with Crippen molar-refractivity contribution in [3.63, 3.8) is 0 Å². The summed E-state index contributed by atoms with van der Waals surface area (Å²) in [6.45, 7) is 5.58. The molecule has 0 aliphatic carbocycles. The van der Waals surface area contributed by atoms with Crippen molar-refractivity contribution in [2.75, 3.05) is 27.7 Å². The first-order chi connectivity index (χ1) is 9.56. The molecule has 8 heteroatoms. The molecular weight excluding hydrogens is 312 g/mol. The summed E-state index contributed by atoms with van der Waals surface area (Å²) in [5, 5.41) is 0. The van der Waals surface area contributed by atoms with Crippen molar-refractivity contribution in [3.05, 3.63) is 0 Å². The largest absolute Gasteiger partial charge is 0.467 e. The van der Waals surface area contributed by atoms with Gasteiger partial charge < -0.3 is 14.4 Å². The zero-order valence-corrected chi connectivity index (χ0v) is 14.7. The van der Waals surface area contributed by atoms with Gasteiger partial charge in [-0.05, 0) is 41.3 Å². The lowest BCUT2D eigenvalue weighted by atomic mass is 10.1. The van der Waals surface area contributed by atoms with Crippen LogP contribution >= 0.6 is 12.4 Å². The second-order valence-corrected chi connectivity index (χ2v) is 6.42. The normalized spacial score (nSPS) is 21.6. The Balaban J connectivity index is 0.00000441. The molecule has 0 radical (unpaired) electrons. The average molecular weight is 337 g/mol. The highest BCUT2D eigenvalue weighted by Gasteiger charge is 2.48. The SMILES string of the molecule is COC(=O)[C@@H]1CC(CN(C)C)C(=O)N1C(=O)OC(C)(C)C.Cl. The van der Waals surface area contributed by atoms with Gasteiger partial charge in [-0.1, -0.05) is 0 Å². The molecule has 7 nitrogen and oxygen atoms in total. The van der Waals surface area contributed by atoms with Gasteiger partial charge >= 0.3 is 12.1 Å². The fourth-order valence-corrected chi connectivity index (χ4v) is 2.29. The van der Waals surface area contributed by atoms with E-state index in [1.165, 1.54) is 7.11 Å². The second-order valence-electron chi connectivity index (χ2n) is 6.42. The minimum absolute atomic E-state index is 0. The number of carbonyl (C=O) groups is 3. The van der Waals surface area contributed by atoms with Crippen LogP contribution in [0.4, 0.5) is 4.79 Å². The molecule has 0 saturated carbocycles. The van der Waals surface area contributed by atoms with Crippen molar-refractivity contribution in [1.29, 1.82) is 0 Å². The molecule has 1 rings (SSSR count). The summed E-state index contributed by atoms with van der Waals surface area (Å²) < 4.78 is 9.91. The van der Waals surface area contributed by atoms with Gasteiger partial charge in [0.15, 0.2) is 0 Å². The van der Waals surface area contributed by atoms with E-state index in [1.54, 1.807) is 20.8 Å². The topological polar surface area (TPSA) is 76.2 Å². The van der Waals surface area contributed by atoms with Crippen molar-refractivity contribution >= 4 is 30.4 Å². The van der Waals surface area contributed by atoms with Crippen molar-refractivity contribution in [2.24, 2.45) is 5.92 Å². The predicted molar refractivity (Wildman–Crippen MR) is 82.8 cm³/mol. The molecule has 1 saturated heterocycles. The molecule has 1 unspecified atom stereocenters. The number of hydrogen-bond donors (Lipinski definition) is 0. The van der Waals surface area contributed by atoms with Gasteiger partial charge in [0, 0.05) is 6.54 Å². The first-order valence-electron chi connectivity index (χ1n) is 6.85. The number of halogens is 1. The Morgan fingerprint density at radius 3 is 2.27 bits per heavy atom. The summed E-state index contributed by atoms with van der Waals surface area (Å²) in [6.07, 6.45) is -0.549. The number of methoxy groups -OCH3 is 1. The molecule has 0 aromatic carbocycles. The zero-order valence-electron chi connectivity index (χ0n) is 13.9. The fraction of sp³-hybridized carbons (Fsp3) is 0.786. The van der Waals surface area contributed by atoms with E-state index in [0.717, 1.165) is 4.90 Å².